The van der Waals surface area contributed by atoms with Gasteiger partial charge in [0.15, 0.2) is 5.82 Å². The topological polar surface area (TPSA) is 106 Å². The molecule has 11 heteroatoms. The quantitative estimate of drug-likeness (QED) is 0.581. The van der Waals surface area contributed by atoms with Crippen LogP contribution in [0.5, 0.6) is 0 Å². The summed E-state index contributed by atoms with van der Waals surface area (Å²) >= 11 is 0. The van der Waals surface area contributed by atoms with Crippen LogP contribution in [-0.4, -0.2) is 24.3 Å². The van der Waals surface area contributed by atoms with Crippen LogP contribution in [0.4, 0.5) is 24.7 Å². The van der Waals surface area contributed by atoms with Crippen LogP contribution in [0.3, 0.4) is 0 Å². The number of rotatable bonds is 6. The molecule has 0 atom stereocenters. The summed E-state index contributed by atoms with van der Waals surface area (Å²) in [5.74, 6) is -0.868. The largest absolute Gasteiger partial charge is 0.416 e. The molecule has 0 fully saturated rings. The maximum Gasteiger partial charge on any atom is 0.416 e. The number of hydrogen-bond donors (Lipinski definition) is 1. The van der Waals surface area contributed by atoms with Gasteiger partial charge in [-0.05, 0) is 42.0 Å². The standard InChI is InChI=1S/C20H15F3N4O3S/c21-20(22,23)15-4-2-5-16(12-15)27(19-9-10-25-13-26-19)31(29,30)17-6-1-3-14(11-17)7-8-18(24)28/h1-13H,(H2,24,28)/b8-7+. The van der Waals surface area contributed by atoms with Gasteiger partial charge in [-0.25, -0.2) is 22.7 Å². The molecule has 1 heterocycles. The minimum Gasteiger partial charge on any atom is -0.366 e. The molecular weight excluding hydrogens is 433 g/mol. The Bertz CT molecular complexity index is 1230. The number of nitrogens with two attached hydrogens (primary N) is 1. The van der Waals surface area contributed by atoms with Crippen molar-refractivity contribution in [2.75, 3.05) is 4.31 Å². The highest BCUT2D eigenvalue weighted by Gasteiger charge is 2.33. The van der Waals surface area contributed by atoms with E-state index < -0.39 is 27.7 Å². The zero-order valence-corrected chi connectivity index (χ0v) is 16.5. The van der Waals surface area contributed by atoms with E-state index in [1.165, 1.54) is 48.7 Å². The first-order chi connectivity index (χ1) is 14.6. The molecule has 31 heavy (non-hydrogen) atoms. The fraction of sp³-hybridized carbons (Fsp3) is 0.0500. The minimum atomic E-state index is -4.67. The maximum atomic E-state index is 13.5. The summed E-state index contributed by atoms with van der Waals surface area (Å²) in [6, 6.07) is 10.7. The number of alkyl halides is 3. The van der Waals surface area contributed by atoms with Crippen molar-refractivity contribution in [1.29, 1.82) is 0 Å². The van der Waals surface area contributed by atoms with Gasteiger partial charge in [0.05, 0.1) is 16.1 Å². The maximum absolute atomic E-state index is 13.5. The molecule has 3 rings (SSSR count). The molecule has 0 radical (unpaired) electrons. The number of carbonyl (C=O) groups excluding carboxylic acids is 1. The molecule has 1 aromatic heterocycles. The van der Waals surface area contributed by atoms with Gasteiger partial charge in [-0.2, -0.15) is 13.2 Å². The second-order valence-corrected chi connectivity index (χ2v) is 7.98. The number of sulfonamides is 1. The van der Waals surface area contributed by atoms with Crippen molar-refractivity contribution in [3.05, 3.63) is 84.3 Å². The van der Waals surface area contributed by atoms with Crippen molar-refractivity contribution < 1.29 is 26.4 Å². The number of anilines is 2. The van der Waals surface area contributed by atoms with Gasteiger partial charge in [0.25, 0.3) is 10.0 Å². The van der Waals surface area contributed by atoms with E-state index in [2.05, 4.69) is 9.97 Å². The number of amides is 1. The lowest BCUT2D eigenvalue weighted by molar-refractivity contribution is -0.137. The Morgan fingerprint density at radius 3 is 2.45 bits per heavy atom. The molecule has 2 N–H and O–H groups in total. The summed E-state index contributed by atoms with van der Waals surface area (Å²) in [4.78, 5) is 18.3. The SMILES string of the molecule is NC(=O)/C=C/c1cccc(S(=O)(=O)N(c2cccc(C(F)(F)F)c2)c2ccncn2)c1. The molecule has 0 saturated carbocycles. The highest BCUT2D eigenvalue weighted by molar-refractivity contribution is 7.93. The minimum absolute atomic E-state index is 0.146. The van der Waals surface area contributed by atoms with Crippen LogP contribution in [0.15, 0.2) is 78.1 Å². The van der Waals surface area contributed by atoms with Crippen LogP contribution in [0, 0.1) is 0 Å². The van der Waals surface area contributed by atoms with E-state index in [-0.39, 0.29) is 16.4 Å². The Hall–Kier alpha value is -3.73. The lowest BCUT2D eigenvalue weighted by Gasteiger charge is -2.24. The van der Waals surface area contributed by atoms with Gasteiger partial charge in [0.1, 0.15) is 6.33 Å². The zero-order valence-electron chi connectivity index (χ0n) is 15.7. The molecule has 0 unspecified atom stereocenters. The Morgan fingerprint density at radius 2 is 1.81 bits per heavy atom. The van der Waals surface area contributed by atoms with E-state index >= 15 is 0 Å². The predicted molar refractivity (Wildman–Crippen MR) is 107 cm³/mol. The number of nitrogens with zero attached hydrogens (tertiary/aromatic N) is 3. The first-order valence-electron chi connectivity index (χ1n) is 8.65. The van der Waals surface area contributed by atoms with E-state index in [9.17, 15) is 26.4 Å². The van der Waals surface area contributed by atoms with Crippen LogP contribution >= 0.6 is 0 Å². The van der Waals surface area contributed by atoms with Crippen molar-refractivity contribution in [2.24, 2.45) is 5.73 Å². The van der Waals surface area contributed by atoms with Crippen LogP contribution in [0.25, 0.3) is 6.08 Å². The average molecular weight is 448 g/mol. The fourth-order valence-electron chi connectivity index (χ4n) is 2.67. The lowest BCUT2D eigenvalue weighted by atomic mass is 10.2. The summed E-state index contributed by atoms with van der Waals surface area (Å²) in [6.45, 7) is 0. The molecule has 0 aliphatic heterocycles. The molecular formula is C20H15F3N4O3S. The smallest absolute Gasteiger partial charge is 0.366 e. The molecule has 0 bridgehead atoms. The fourth-order valence-corrected chi connectivity index (χ4v) is 4.16. The van der Waals surface area contributed by atoms with Gasteiger partial charge in [0.2, 0.25) is 5.91 Å². The molecule has 0 aliphatic carbocycles. The Morgan fingerprint density at radius 1 is 1.06 bits per heavy atom. The lowest BCUT2D eigenvalue weighted by Crippen LogP contribution is -2.27. The molecule has 0 aliphatic rings. The van der Waals surface area contributed by atoms with Gasteiger partial charge in [0, 0.05) is 18.3 Å². The highest BCUT2D eigenvalue weighted by Crippen LogP contribution is 2.36. The summed E-state index contributed by atoms with van der Waals surface area (Å²) < 4.78 is 67.3. The van der Waals surface area contributed by atoms with Gasteiger partial charge < -0.3 is 5.73 Å². The second kappa shape index (κ2) is 8.56. The van der Waals surface area contributed by atoms with E-state index in [1.54, 1.807) is 0 Å². The molecule has 160 valence electrons. The monoisotopic (exact) mass is 448 g/mol. The number of halogens is 3. The number of carbonyl (C=O) groups is 1. The third kappa shape index (κ3) is 5.07. The molecule has 0 saturated heterocycles. The summed E-state index contributed by atoms with van der Waals surface area (Å²) in [5, 5.41) is 0. The van der Waals surface area contributed by atoms with Crippen molar-refractivity contribution in [1.82, 2.24) is 9.97 Å². The highest BCUT2D eigenvalue weighted by atomic mass is 32.2. The Balaban J connectivity index is 2.17. The molecule has 2 aromatic carbocycles. The molecule has 3 aromatic rings. The first kappa shape index (κ1) is 22.0. The molecule has 7 nitrogen and oxygen atoms in total. The van der Waals surface area contributed by atoms with Crippen LogP contribution in [0.1, 0.15) is 11.1 Å². The normalized spacial score (nSPS) is 12.1. The van der Waals surface area contributed by atoms with E-state index in [0.29, 0.717) is 9.87 Å². The number of benzene rings is 2. The van der Waals surface area contributed by atoms with E-state index in [1.807, 2.05) is 0 Å². The third-order valence-electron chi connectivity index (χ3n) is 4.02. The van der Waals surface area contributed by atoms with Gasteiger partial charge in [-0.3, -0.25) is 4.79 Å². The van der Waals surface area contributed by atoms with Crippen LogP contribution in [0.2, 0.25) is 0 Å². The zero-order chi connectivity index (χ0) is 22.6. The number of aromatic nitrogens is 2. The van der Waals surface area contributed by atoms with E-state index in [0.717, 1.165) is 30.6 Å². The summed E-state index contributed by atoms with van der Waals surface area (Å²) in [5.41, 5.74) is 4.13. The second-order valence-electron chi connectivity index (χ2n) is 6.19. The third-order valence-corrected chi connectivity index (χ3v) is 5.75. The predicted octanol–water partition coefficient (Wildman–Crippen LogP) is 3.52. The summed E-state index contributed by atoms with van der Waals surface area (Å²) in [6.07, 6.45) is 0.0555. The van der Waals surface area contributed by atoms with Crippen molar-refractivity contribution in [3.8, 4) is 0 Å². The Labute approximate surface area is 175 Å². The van der Waals surface area contributed by atoms with Gasteiger partial charge >= 0.3 is 6.18 Å². The van der Waals surface area contributed by atoms with Crippen molar-refractivity contribution in [2.45, 2.75) is 11.1 Å². The molecule has 0 spiro atoms. The van der Waals surface area contributed by atoms with Crippen molar-refractivity contribution >= 4 is 33.5 Å². The van der Waals surface area contributed by atoms with Gasteiger partial charge in [-0.1, -0.05) is 18.2 Å². The van der Waals surface area contributed by atoms with Crippen LogP contribution < -0.4 is 10.0 Å². The first-order valence-corrected chi connectivity index (χ1v) is 10.1. The Kier molecular flexibility index (Phi) is 6.07. The van der Waals surface area contributed by atoms with E-state index in [4.69, 9.17) is 5.73 Å². The van der Waals surface area contributed by atoms with Gasteiger partial charge in [-0.15, -0.1) is 0 Å². The molecule has 1 amide bonds. The summed E-state index contributed by atoms with van der Waals surface area (Å²) in [7, 11) is -4.40. The van der Waals surface area contributed by atoms with Crippen molar-refractivity contribution in [3.63, 3.8) is 0 Å². The number of hydrogen-bond acceptors (Lipinski definition) is 5. The average Bonchev–Trinajstić information content (AvgIpc) is 2.73. The number of primary amides is 1. The van der Waals surface area contributed by atoms with Crippen LogP contribution in [-0.2, 0) is 21.0 Å².